The standard InChI is InChI=1S/C19H22N6O3S/c20-7-3-9-24(10-4-8-21)19(26)16-23-11-13-25(14-12-23)29(27,28)18-6-2-1-5-17(18)15-22/h1-2,5-6H,3-4,9-14,16H2. The van der Waals surface area contributed by atoms with E-state index in [0.29, 0.717) is 13.1 Å². The number of piperazine rings is 1. The minimum absolute atomic E-state index is 0.00814. The molecule has 1 aromatic rings. The second kappa shape index (κ2) is 10.5. The van der Waals surface area contributed by atoms with Crippen LogP contribution in [0.3, 0.4) is 0 Å². The number of benzene rings is 1. The molecule has 0 unspecified atom stereocenters. The molecule has 0 spiro atoms. The molecule has 1 amide bonds. The van der Waals surface area contributed by atoms with E-state index >= 15 is 0 Å². The smallest absolute Gasteiger partial charge is 0.244 e. The number of carbonyl (C=O) groups is 1. The topological polar surface area (TPSA) is 132 Å². The molecule has 0 bridgehead atoms. The summed E-state index contributed by atoms with van der Waals surface area (Å²) in [6.45, 7) is 1.84. The molecule has 0 saturated carbocycles. The third kappa shape index (κ3) is 5.75. The number of carbonyl (C=O) groups excluding carboxylic acids is 1. The fourth-order valence-electron chi connectivity index (χ4n) is 3.07. The number of hydrogen-bond donors (Lipinski definition) is 0. The molecule has 2 rings (SSSR count). The van der Waals surface area contributed by atoms with Gasteiger partial charge in [-0.3, -0.25) is 9.69 Å². The quantitative estimate of drug-likeness (QED) is 0.605. The molecule has 152 valence electrons. The number of amides is 1. The van der Waals surface area contributed by atoms with Crippen LogP contribution in [0.4, 0.5) is 0 Å². The van der Waals surface area contributed by atoms with Crippen molar-refractivity contribution in [1.29, 1.82) is 15.8 Å². The van der Waals surface area contributed by atoms with Crippen molar-refractivity contribution in [1.82, 2.24) is 14.1 Å². The molecular formula is C19H22N6O3S. The zero-order valence-corrected chi connectivity index (χ0v) is 16.8. The molecule has 0 radical (unpaired) electrons. The second-order valence-electron chi connectivity index (χ2n) is 6.49. The van der Waals surface area contributed by atoms with E-state index in [0.717, 1.165) is 0 Å². The summed E-state index contributed by atoms with van der Waals surface area (Å²) in [5, 5.41) is 26.6. The number of rotatable bonds is 8. The van der Waals surface area contributed by atoms with Crippen LogP contribution >= 0.6 is 0 Å². The van der Waals surface area contributed by atoms with Crippen LogP contribution in [0.5, 0.6) is 0 Å². The molecule has 1 aliphatic heterocycles. The lowest BCUT2D eigenvalue weighted by atomic mass is 10.2. The van der Waals surface area contributed by atoms with Crippen molar-refractivity contribution in [2.75, 3.05) is 45.8 Å². The molecule has 0 aliphatic carbocycles. The van der Waals surface area contributed by atoms with Gasteiger partial charge in [0.05, 0.1) is 42.0 Å². The maximum absolute atomic E-state index is 12.9. The highest BCUT2D eigenvalue weighted by atomic mass is 32.2. The minimum Gasteiger partial charge on any atom is -0.340 e. The van der Waals surface area contributed by atoms with Crippen molar-refractivity contribution in [2.24, 2.45) is 0 Å². The Morgan fingerprint density at radius 1 is 1.00 bits per heavy atom. The minimum atomic E-state index is -3.78. The molecule has 0 aromatic heterocycles. The van der Waals surface area contributed by atoms with Crippen LogP contribution in [-0.2, 0) is 14.8 Å². The first kappa shape index (κ1) is 22.3. The number of hydrogen-bond acceptors (Lipinski definition) is 7. The summed E-state index contributed by atoms with van der Waals surface area (Å²) in [4.78, 5) is 15.9. The fraction of sp³-hybridized carbons (Fsp3) is 0.474. The van der Waals surface area contributed by atoms with E-state index in [1.54, 1.807) is 12.1 Å². The molecule has 10 heteroatoms. The van der Waals surface area contributed by atoms with E-state index in [1.807, 2.05) is 23.1 Å². The SMILES string of the molecule is N#CCCN(CCC#N)C(=O)CN1CCN(S(=O)(=O)c2ccccc2C#N)CC1. The highest BCUT2D eigenvalue weighted by molar-refractivity contribution is 7.89. The lowest BCUT2D eigenvalue weighted by Crippen LogP contribution is -2.51. The van der Waals surface area contributed by atoms with E-state index in [-0.39, 0.29) is 61.9 Å². The van der Waals surface area contributed by atoms with Crippen LogP contribution in [0.25, 0.3) is 0 Å². The Bertz CT molecular complexity index is 931. The Morgan fingerprint density at radius 2 is 1.59 bits per heavy atom. The average Bonchev–Trinajstić information content (AvgIpc) is 2.74. The summed E-state index contributed by atoms with van der Waals surface area (Å²) in [7, 11) is -3.78. The number of sulfonamides is 1. The maximum atomic E-state index is 12.9. The van der Waals surface area contributed by atoms with Gasteiger partial charge in [0, 0.05) is 39.3 Å². The van der Waals surface area contributed by atoms with Crippen LogP contribution in [-0.4, -0.2) is 74.2 Å². The predicted molar refractivity (Wildman–Crippen MR) is 103 cm³/mol. The van der Waals surface area contributed by atoms with Crippen LogP contribution in [0, 0.1) is 34.0 Å². The summed E-state index contributed by atoms with van der Waals surface area (Å²) >= 11 is 0. The number of nitriles is 3. The van der Waals surface area contributed by atoms with Crippen LogP contribution in [0.1, 0.15) is 18.4 Å². The maximum Gasteiger partial charge on any atom is 0.244 e. The van der Waals surface area contributed by atoms with Gasteiger partial charge in [0.2, 0.25) is 15.9 Å². The second-order valence-corrected chi connectivity index (χ2v) is 8.39. The third-order valence-electron chi connectivity index (χ3n) is 4.66. The molecule has 0 atom stereocenters. The average molecular weight is 414 g/mol. The van der Waals surface area contributed by atoms with Gasteiger partial charge in [-0.15, -0.1) is 0 Å². The molecule has 29 heavy (non-hydrogen) atoms. The summed E-state index contributed by atoms with van der Waals surface area (Å²) < 4.78 is 27.0. The van der Waals surface area contributed by atoms with Gasteiger partial charge in [-0.1, -0.05) is 12.1 Å². The van der Waals surface area contributed by atoms with E-state index in [2.05, 4.69) is 0 Å². The predicted octanol–water partition coefficient (Wildman–Crippen LogP) is 0.521. The van der Waals surface area contributed by atoms with Crippen LogP contribution < -0.4 is 0 Å². The van der Waals surface area contributed by atoms with Crippen molar-refractivity contribution in [3.8, 4) is 18.2 Å². The van der Waals surface area contributed by atoms with E-state index in [4.69, 9.17) is 10.5 Å². The van der Waals surface area contributed by atoms with Crippen LogP contribution in [0.2, 0.25) is 0 Å². The Kier molecular flexibility index (Phi) is 8.11. The molecule has 1 fully saturated rings. The molecular weight excluding hydrogens is 392 g/mol. The molecule has 1 aliphatic rings. The van der Waals surface area contributed by atoms with Gasteiger partial charge in [-0.2, -0.15) is 20.1 Å². The van der Waals surface area contributed by atoms with Crippen molar-refractivity contribution >= 4 is 15.9 Å². The van der Waals surface area contributed by atoms with Crippen LogP contribution in [0.15, 0.2) is 29.2 Å². The van der Waals surface area contributed by atoms with Gasteiger partial charge in [-0.25, -0.2) is 8.42 Å². The lowest BCUT2D eigenvalue weighted by molar-refractivity contribution is -0.132. The highest BCUT2D eigenvalue weighted by Gasteiger charge is 2.31. The first-order valence-corrected chi connectivity index (χ1v) is 10.6. The normalized spacial score (nSPS) is 15.1. The third-order valence-corrected chi connectivity index (χ3v) is 6.61. The largest absolute Gasteiger partial charge is 0.340 e. The fourth-order valence-corrected chi connectivity index (χ4v) is 4.64. The van der Waals surface area contributed by atoms with Gasteiger partial charge in [0.25, 0.3) is 0 Å². The first-order valence-electron chi connectivity index (χ1n) is 9.17. The van der Waals surface area contributed by atoms with Crippen molar-refractivity contribution in [3.05, 3.63) is 29.8 Å². The van der Waals surface area contributed by atoms with E-state index in [9.17, 15) is 18.5 Å². The Hall–Kier alpha value is -2.97. The van der Waals surface area contributed by atoms with Gasteiger partial charge >= 0.3 is 0 Å². The van der Waals surface area contributed by atoms with Crippen molar-refractivity contribution in [3.63, 3.8) is 0 Å². The summed E-state index contributed by atoms with van der Waals surface area (Å²) in [6.07, 6.45) is 0.392. The zero-order valence-electron chi connectivity index (χ0n) is 16.0. The van der Waals surface area contributed by atoms with Gasteiger partial charge < -0.3 is 4.90 Å². The zero-order chi connectivity index (χ0) is 21.3. The molecule has 1 heterocycles. The lowest BCUT2D eigenvalue weighted by Gasteiger charge is -2.34. The molecule has 1 aromatic carbocycles. The summed E-state index contributed by atoms with van der Waals surface area (Å²) in [6, 6.07) is 12.0. The molecule has 1 saturated heterocycles. The van der Waals surface area contributed by atoms with Crippen molar-refractivity contribution in [2.45, 2.75) is 17.7 Å². The van der Waals surface area contributed by atoms with E-state index < -0.39 is 10.0 Å². The Balaban J connectivity index is 1.98. The van der Waals surface area contributed by atoms with Gasteiger partial charge in [-0.05, 0) is 12.1 Å². The molecule has 0 N–H and O–H groups in total. The Labute approximate surface area is 171 Å². The van der Waals surface area contributed by atoms with E-state index in [1.165, 1.54) is 21.3 Å². The highest BCUT2D eigenvalue weighted by Crippen LogP contribution is 2.21. The summed E-state index contributed by atoms with van der Waals surface area (Å²) in [5.74, 6) is -0.179. The Morgan fingerprint density at radius 3 is 2.14 bits per heavy atom. The first-order chi connectivity index (χ1) is 13.9. The van der Waals surface area contributed by atoms with Gasteiger partial charge in [0.15, 0.2) is 0 Å². The van der Waals surface area contributed by atoms with Crippen molar-refractivity contribution < 1.29 is 13.2 Å². The summed E-state index contributed by atoms with van der Waals surface area (Å²) in [5.41, 5.74) is 0.107. The number of nitrogens with zero attached hydrogens (tertiary/aromatic N) is 6. The van der Waals surface area contributed by atoms with Gasteiger partial charge in [0.1, 0.15) is 6.07 Å². The molecule has 9 nitrogen and oxygen atoms in total. The monoisotopic (exact) mass is 414 g/mol.